The van der Waals surface area contributed by atoms with E-state index in [2.05, 4.69) is 0 Å². The zero-order valence-electron chi connectivity index (χ0n) is 14.5. The monoisotopic (exact) mass is 391 g/mol. The molecule has 142 valence electrons. The van der Waals surface area contributed by atoms with Crippen molar-refractivity contribution in [1.29, 1.82) is 0 Å². The number of carbonyl (C=O) groups is 2. The van der Waals surface area contributed by atoms with E-state index in [9.17, 15) is 19.2 Å². The number of H-pyrrole nitrogens is 1. The topological polar surface area (TPSA) is 124 Å². The van der Waals surface area contributed by atoms with E-state index in [1.807, 2.05) is 11.9 Å². The van der Waals surface area contributed by atoms with E-state index in [4.69, 9.17) is 22.1 Å². The number of benzene rings is 1. The van der Waals surface area contributed by atoms with Crippen molar-refractivity contribution in [3.8, 4) is 0 Å². The number of aromatic nitrogens is 2. The number of halogens is 1. The highest BCUT2D eigenvalue weighted by atomic mass is 35.5. The maximum Gasteiger partial charge on any atom is 0.331 e. The van der Waals surface area contributed by atoms with Gasteiger partial charge >= 0.3 is 11.7 Å². The molecule has 0 radical (unpaired) electrons. The van der Waals surface area contributed by atoms with E-state index in [1.165, 1.54) is 6.08 Å². The summed E-state index contributed by atoms with van der Waals surface area (Å²) in [6.07, 6.45) is 3.13. The molecular weight excluding hydrogens is 374 g/mol. The van der Waals surface area contributed by atoms with Gasteiger partial charge in [0.1, 0.15) is 11.4 Å². The summed E-state index contributed by atoms with van der Waals surface area (Å²) in [6.45, 7) is 1.36. The molecule has 0 fully saturated rings. The zero-order valence-corrected chi connectivity index (χ0v) is 15.3. The minimum Gasteiger partial charge on any atom is -0.454 e. The number of carbonyl (C=O) groups excluding carboxylic acids is 2. The van der Waals surface area contributed by atoms with Crippen molar-refractivity contribution in [2.24, 2.45) is 0 Å². The second-order valence-corrected chi connectivity index (χ2v) is 5.96. The number of nitrogen functional groups attached to an aromatic ring is 1. The van der Waals surface area contributed by atoms with Gasteiger partial charge in [0.05, 0.1) is 0 Å². The number of nitrogens with zero attached hydrogens (tertiary/aromatic N) is 1. The van der Waals surface area contributed by atoms with E-state index < -0.39 is 35.2 Å². The Morgan fingerprint density at radius 1 is 1.30 bits per heavy atom. The van der Waals surface area contributed by atoms with Crippen molar-refractivity contribution in [2.45, 2.75) is 19.9 Å². The van der Waals surface area contributed by atoms with Gasteiger partial charge in [-0.3, -0.25) is 19.1 Å². The molecule has 2 rings (SSSR count). The Balaban J connectivity index is 2.11. The SMILES string of the molecule is CCCn1c(N)c(C(=O)COC(=O)/C=C/c2ccccc2Cl)c(=O)[nH]c1=O. The summed E-state index contributed by atoms with van der Waals surface area (Å²) in [6, 6.07) is 6.86. The quantitative estimate of drug-likeness (QED) is 0.420. The van der Waals surface area contributed by atoms with E-state index >= 15 is 0 Å². The minimum atomic E-state index is -0.919. The van der Waals surface area contributed by atoms with Gasteiger partial charge in [0, 0.05) is 17.6 Å². The fourth-order valence-electron chi connectivity index (χ4n) is 2.33. The highest BCUT2D eigenvalue weighted by Gasteiger charge is 2.20. The normalized spacial score (nSPS) is 10.9. The van der Waals surface area contributed by atoms with Gasteiger partial charge in [-0.05, 0) is 24.1 Å². The van der Waals surface area contributed by atoms with Crippen molar-refractivity contribution in [1.82, 2.24) is 9.55 Å². The largest absolute Gasteiger partial charge is 0.454 e. The van der Waals surface area contributed by atoms with Crippen molar-refractivity contribution in [2.75, 3.05) is 12.3 Å². The Bertz CT molecular complexity index is 1010. The Kier molecular flexibility index (Phi) is 6.73. The second kappa shape index (κ2) is 9.00. The van der Waals surface area contributed by atoms with E-state index in [0.717, 1.165) is 10.6 Å². The van der Waals surface area contributed by atoms with Gasteiger partial charge in [-0.15, -0.1) is 0 Å². The third kappa shape index (κ3) is 4.95. The first-order valence-electron chi connectivity index (χ1n) is 8.10. The predicted molar refractivity (Wildman–Crippen MR) is 102 cm³/mol. The van der Waals surface area contributed by atoms with Crippen LogP contribution in [0.4, 0.5) is 5.82 Å². The number of Topliss-reactive ketones (excluding diaryl/α,β-unsaturated/α-hetero) is 1. The molecule has 0 spiro atoms. The summed E-state index contributed by atoms with van der Waals surface area (Å²) in [5.74, 6) is -1.85. The lowest BCUT2D eigenvalue weighted by atomic mass is 10.2. The first-order valence-corrected chi connectivity index (χ1v) is 8.48. The molecule has 8 nitrogen and oxygen atoms in total. The van der Waals surface area contributed by atoms with Gasteiger partial charge in [0.15, 0.2) is 6.61 Å². The summed E-state index contributed by atoms with van der Waals surface area (Å²) in [7, 11) is 0. The predicted octanol–water partition coefficient (Wildman–Crippen LogP) is 1.62. The number of ketones is 1. The Morgan fingerprint density at radius 3 is 2.67 bits per heavy atom. The zero-order chi connectivity index (χ0) is 20.0. The van der Waals surface area contributed by atoms with Gasteiger partial charge in [-0.25, -0.2) is 9.59 Å². The Morgan fingerprint density at radius 2 is 2.00 bits per heavy atom. The van der Waals surface area contributed by atoms with Crippen LogP contribution in [0.1, 0.15) is 29.3 Å². The average Bonchev–Trinajstić information content (AvgIpc) is 2.62. The number of rotatable bonds is 7. The van der Waals surface area contributed by atoms with Gasteiger partial charge in [0.25, 0.3) is 5.56 Å². The lowest BCUT2D eigenvalue weighted by molar-refractivity contribution is -0.136. The van der Waals surface area contributed by atoms with Gasteiger partial charge in [0.2, 0.25) is 5.78 Å². The van der Waals surface area contributed by atoms with Crippen LogP contribution in [0.2, 0.25) is 5.02 Å². The molecule has 0 saturated carbocycles. The van der Waals surface area contributed by atoms with Crippen LogP contribution in [0.25, 0.3) is 6.08 Å². The van der Waals surface area contributed by atoms with Crippen LogP contribution in [0.5, 0.6) is 0 Å². The summed E-state index contributed by atoms with van der Waals surface area (Å²) >= 11 is 5.97. The Labute approximate surface area is 159 Å². The maximum absolute atomic E-state index is 12.2. The van der Waals surface area contributed by atoms with Crippen molar-refractivity contribution < 1.29 is 14.3 Å². The third-order valence-electron chi connectivity index (χ3n) is 3.62. The molecule has 2 aromatic rings. The molecule has 0 amide bonds. The van der Waals surface area contributed by atoms with Gasteiger partial charge in [-0.2, -0.15) is 0 Å². The molecule has 1 aromatic carbocycles. The summed E-state index contributed by atoms with van der Waals surface area (Å²) in [4.78, 5) is 49.7. The number of esters is 1. The number of hydrogen-bond acceptors (Lipinski definition) is 6. The first-order chi connectivity index (χ1) is 12.8. The van der Waals surface area contributed by atoms with Crippen LogP contribution in [-0.4, -0.2) is 27.9 Å². The second-order valence-electron chi connectivity index (χ2n) is 5.56. The molecule has 0 aliphatic rings. The number of hydrogen-bond donors (Lipinski definition) is 2. The minimum absolute atomic E-state index is 0.238. The van der Waals surface area contributed by atoms with Crippen LogP contribution in [0.3, 0.4) is 0 Å². The van der Waals surface area contributed by atoms with Crippen LogP contribution in [0, 0.1) is 0 Å². The van der Waals surface area contributed by atoms with Crippen LogP contribution >= 0.6 is 11.6 Å². The van der Waals surface area contributed by atoms with Crippen LogP contribution in [0.15, 0.2) is 39.9 Å². The number of nitrogens with two attached hydrogens (primary N) is 1. The number of nitrogens with one attached hydrogen (secondary N) is 1. The molecule has 1 aromatic heterocycles. The highest BCUT2D eigenvalue weighted by Crippen LogP contribution is 2.16. The molecular formula is C18H18ClN3O5. The average molecular weight is 392 g/mol. The highest BCUT2D eigenvalue weighted by molar-refractivity contribution is 6.32. The van der Waals surface area contributed by atoms with E-state index in [-0.39, 0.29) is 12.4 Å². The number of ether oxygens (including phenoxy) is 1. The first kappa shape index (κ1) is 20.2. The molecule has 0 aliphatic carbocycles. The molecule has 1 heterocycles. The maximum atomic E-state index is 12.2. The summed E-state index contributed by atoms with van der Waals surface area (Å²) < 4.78 is 5.94. The van der Waals surface area contributed by atoms with Gasteiger partial charge in [-0.1, -0.05) is 36.7 Å². The molecule has 0 atom stereocenters. The van der Waals surface area contributed by atoms with E-state index in [1.54, 1.807) is 24.3 Å². The number of aromatic amines is 1. The molecule has 3 N–H and O–H groups in total. The molecule has 0 unspecified atom stereocenters. The van der Waals surface area contributed by atoms with Crippen molar-refractivity contribution in [3.63, 3.8) is 0 Å². The van der Waals surface area contributed by atoms with Crippen molar-refractivity contribution in [3.05, 3.63) is 67.3 Å². The van der Waals surface area contributed by atoms with Gasteiger partial charge < -0.3 is 10.5 Å². The molecule has 9 heteroatoms. The summed E-state index contributed by atoms with van der Waals surface area (Å²) in [5, 5.41) is 0.454. The van der Waals surface area contributed by atoms with Crippen molar-refractivity contribution >= 4 is 35.2 Å². The van der Waals surface area contributed by atoms with E-state index in [0.29, 0.717) is 17.0 Å². The standard InChI is InChI=1S/C18H18ClN3O5/c1-2-9-22-16(20)15(17(25)21-18(22)26)13(23)10-27-14(24)8-7-11-5-3-4-6-12(11)19/h3-8H,2,9-10,20H2,1H3,(H,21,25,26)/b8-7+. The van der Waals surface area contributed by atoms with Crippen LogP contribution in [-0.2, 0) is 16.1 Å². The molecule has 0 aliphatic heterocycles. The molecule has 0 saturated heterocycles. The van der Waals surface area contributed by atoms with Crippen LogP contribution < -0.4 is 17.0 Å². The summed E-state index contributed by atoms with van der Waals surface area (Å²) in [5.41, 5.74) is 4.36. The lowest BCUT2D eigenvalue weighted by Gasteiger charge is -2.11. The fourth-order valence-corrected chi connectivity index (χ4v) is 2.53. The third-order valence-corrected chi connectivity index (χ3v) is 3.96. The fraction of sp³-hybridized carbons (Fsp3) is 0.222. The lowest BCUT2D eigenvalue weighted by Crippen LogP contribution is -2.37. The molecule has 0 bridgehead atoms. The molecule has 27 heavy (non-hydrogen) atoms. The Hall–Kier alpha value is -3.13. The number of anilines is 1. The smallest absolute Gasteiger partial charge is 0.331 e.